The molecule has 2 unspecified atom stereocenters. The molecular formula is C11H20N2O2S. The van der Waals surface area contributed by atoms with Crippen LogP contribution in [0, 0.1) is 0 Å². The average Bonchev–Trinajstić information content (AvgIpc) is 2.50. The zero-order valence-corrected chi connectivity index (χ0v) is 10.4. The molecule has 16 heavy (non-hydrogen) atoms. The van der Waals surface area contributed by atoms with Crippen LogP contribution >= 0.6 is 0 Å². The van der Waals surface area contributed by atoms with Gasteiger partial charge < -0.3 is 5.32 Å². The molecule has 0 aromatic heterocycles. The maximum atomic E-state index is 12.2. The molecule has 92 valence electrons. The Morgan fingerprint density at radius 2 is 2.06 bits per heavy atom. The number of hydrogen-bond donors (Lipinski definition) is 1. The van der Waals surface area contributed by atoms with Gasteiger partial charge >= 0.3 is 0 Å². The normalized spacial score (nSPS) is 31.2. The summed E-state index contributed by atoms with van der Waals surface area (Å²) in [6.07, 6.45) is 5.20. The Balaban J connectivity index is 2.15. The van der Waals surface area contributed by atoms with Crippen molar-refractivity contribution >= 4 is 10.0 Å². The summed E-state index contributed by atoms with van der Waals surface area (Å²) in [4.78, 5) is 0. The second-order valence-electron chi connectivity index (χ2n) is 4.60. The molecule has 0 aromatic carbocycles. The van der Waals surface area contributed by atoms with Gasteiger partial charge in [0.15, 0.2) is 0 Å². The van der Waals surface area contributed by atoms with Gasteiger partial charge in [0, 0.05) is 18.6 Å². The lowest BCUT2D eigenvalue weighted by Gasteiger charge is -2.26. The smallest absolute Gasteiger partial charge is 0.214 e. The maximum absolute atomic E-state index is 12.2. The van der Waals surface area contributed by atoms with Gasteiger partial charge in [-0.25, -0.2) is 8.42 Å². The van der Waals surface area contributed by atoms with E-state index in [0.29, 0.717) is 6.42 Å². The van der Waals surface area contributed by atoms with Gasteiger partial charge in [-0.1, -0.05) is 6.08 Å². The predicted octanol–water partition coefficient (Wildman–Crippen LogP) is 0.719. The SMILES string of the molecule is C=CCCS(=O)(=O)N1C2CCNCC1CC2. The lowest BCUT2D eigenvalue weighted by atomic mass is 10.1. The summed E-state index contributed by atoms with van der Waals surface area (Å²) < 4.78 is 26.2. The Hall–Kier alpha value is -0.390. The van der Waals surface area contributed by atoms with Crippen molar-refractivity contribution in [2.75, 3.05) is 18.8 Å². The zero-order valence-electron chi connectivity index (χ0n) is 9.56. The number of rotatable bonds is 4. The predicted molar refractivity (Wildman–Crippen MR) is 64.7 cm³/mol. The van der Waals surface area contributed by atoms with E-state index in [2.05, 4.69) is 11.9 Å². The Labute approximate surface area is 97.8 Å². The molecule has 2 bridgehead atoms. The van der Waals surface area contributed by atoms with Gasteiger partial charge in [0.1, 0.15) is 0 Å². The van der Waals surface area contributed by atoms with E-state index in [1.807, 2.05) is 0 Å². The minimum absolute atomic E-state index is 0.183. The van der Waals surface area contributed by atoms with Crippen LogP contribution in [0.1, 0.15) is 25.7 Å². The number of hydrogen-bond acceptors (Lipinski definition) is 3. The van der Waals surface area contributed by atoms with E-state index < -0.39 is 10.0 Å². The van der Waals surface area contributed by atoms with Gasteiger partial charge in [-0.2, -0.15) is 4.31 Å². The van der Waals surface area contributed by atoms with Crippen LogP contribution < -0.4 is 5.32 Å². The van der Waals surface area contributed by atoms with E-state index in [4.69, 9.17) is 0 Å². The van der Waals surface area contributed by atoms with E-state index in [1.165, 1.54) is 0 Å². The number of nitrogens with zero attached hydrogens (tertiary/aromatic N) is 1. The van der Waals surface area contributed by atoms with Gasteiger partial charge in [-0.05, 0) is 32.2 Å². The summed E-state index contributed by atoms with van der Waals surface area (Å²) in [6, 6.07) is 0.414. The Bertz CT molecular complexity index is 339. The third-order valence-electron chi connectivity index (χ3n) is 3.49. The van der Waals surface area contributed by atoms with Crippen molar-refractivity contribution < 1.29 is 8.42 Å². The number of sulfonamides is 1. The largest absolute Gasteiger partial charge is 0.315 e. The van der Waals surface area contributed by atoms with Gasteiger partial charge in [0.2, 0.25) is 10.0 Å². The molecule has 5 heteroatoms. The van der Waals surface area contributed by atoms with Gasteiger partial charge in [-0.3, -0.25) is 0 Å². The minimum Gasteiger partial charge on any atom is -0.315 e. The van der Waals surface area contributed by atoms with E-state index in [0.717, 1.165) is 32.4 Å². The molecule has 2 rings (SSSR count). The molecule has 2 heterocycles. The molecule has 2 saturated heterocycles. The van der Waals surface area contributed by atoms with Crippen molar-refractivity contribution in [2.45, 2.75) is 37.8 Å². The van der Waals surface area contributed by atoms with Crippen LogP contribution in [0.15, 0.2) is 12.7 Å². The molecule has 1 N–H and O–H groups in total. The van der Waals surface area contributed by atoms with Gasteiger partial charge in [-0.15, -0.1) is 6.58 Å². The van der Waals surface area contributed by atoms with Crippen LogP contribution in [0.4, 0.5) is 0 Å². The molecule has 0 amide bonds. The first-order valence-corrected chi connectivity index (χ1v) is 7.59. The van der Waals surface area contributed by atoms with Crippen molar-refractivity contribution in [2.24, 2.45) is 0 Å². The van der Waals surface area contributed by atoms with Crippen molar-refractivity contribution in [1.82, 2.24) is 9.62 Å². The van der Waals surface area contributed by atoms with Crippen molar-refractivity contribution in [3.8, 4) is 0 Å². The number of allylic oxidation sites excluding steroid dienone is 1. The van der Waals surface area contributed by atoms with Gasteiger partial charge in [0.25, 0.3) is 0 Å². The van der Waals surface area contributed by atoms with E-state index >= 15 is 0 Å². The van der Waals surface area contributed by atoms with E-state index in [1.54, 1.807) is 10.4 Å². The van der Waals surface area contributed by atoms with Crippen LogP contribution in [0.25, 0.3) is 0 Å². The molecule has 0 saturated carbocycles. The molecule has 2 atom stereocenters. The van der Waals surface area contributed by atoms with Crippen LogP contribution in [-0.4, -0.2) is 43.6 Å². The molecule has 0 radical (unpaired) electrons. The van der Waals surface area contributed by atoms with Crippen molar-refractivity contribution in [3.05, 3.63) is 12.7 Å². The standard InChI is InChI=1S/C11H20N2O2S/c1-2-3-8-16(14,15)13-10-4-5-11(13)9-12-7-6-10/h2,10-12H,1,3-9H2. The highest BCUT2D eigenvalue weighted by Gasteiger charge is 2.41. The Morgan fingerprint density at radius 3 is 2.81 bits per heavy atom. The second kappa shape index (κ2) is 4.85. The molecule has 2 aliphatic heterocycles. The third kappa shape index (κ3) is 2.31. The molecule has 2 aliphatic rings. The third-order valence-corrected chi connectivity index (χ3v) is 5.48. The fourth-order valence-corrected chi connectivity index (χ4v) is 4.70. The first kappa shape index (κ1) is 12.1. The topological polar surface area (TPSA) is 49.4 Å². The summed E-state index contributed by atoms with van der Waals surface area (Å²) in [5.74, 6) is 0.212. The minimum atomic E-state index is -3.08. The molecule has 2 fully saturated rings. The van der Waals surface area contributed by atoms with Gasteiger partial charge in [0.05, 0.1) is 5.75 Å². The fourth-order valence-electron chi connectivity index (χ4n) is 2.73. The maximum Gasteiger partial charge on any atom is 0.214 e. The van der Waals surface area contributed by atoms with Crippen LogP contribution in [0.2, 0.25) is 0 Å². The monoisotopic (exact) mass is 244 g/mol. The van der Waals surface area contributed by atoms with E-state index in [-0.39, 0.29) is 17.8 Å². The molecule has 4 nitrogen and oxygen atoms in total. The molecular weight excluding hydrogens is 224 g/mol. The lowest BCUT2D eigenvalue weighted by Crippen LogP contribution is -2.43. The highest BCUT2D eigenvalue weighted by Crippen LogP contribution is 2.31. The fraction of sp³-hybridized carbons (Fsp3) is 0.818. The van der Waals surface area contributed by atoms with Crippen LogP contribution in [0.3, 0.4) is 0 Å². The summed E-state index contributed by atoms with van der Waals surface area (Å²) >= 11 is 0. The highest BCUT2D eigenvalue weighted by molar-refractivity contribution is 7.89. The van der Waals surface area contributed by atoms with Crippen LogP contribution in [-0.2, 0) is 10.0 Å². The number of fused-ring (bicyclic) bond motifs is 2. The summed E-state index contributed by atoms with van der Waals surface area (Å²) in [7, 11) is -3.08. The summed E-state index contributed by atoms with van der Waals surface area (Å²) in [5.41, 5.74) is 0. The highest BCUT2D eigenvalue weighted by atomic mass is 32.2. The summed E-state index contributed by atoms with van der Waals surface area (Å²) in [6.45, 7) is 5.33. The first-order chi connectivity index (χ1) is 7.65. The van der Waals surface area contributed by atoms with Crippen molar-refractivity contribution in [3.63, 3.8) is 0 Å². The molecule has 0 aromatic rings. The Kier molecular flexibility index (Phi) is 3.66. The zero-order chi connectivity index (χ0) is 11.6. The Morgan fingerprint density at radius 1 is 1.31 bits per heavy atom. The number of nitrogens with one attached hydrogen (secondary N) is 1. The quantitative estimate of drug-likeness (QED) is 0.741. The summed E-state index contributed by atoms with van der Waals surface area (Å²) in [5, 5.41) is 3.31. The lowest BCUT2D eigenvalue weighted by molar-refractivity contribution is 0.334. The van der Waals surface area contributed by atoms with E-state index in [9.17, 15) is 8.42 Å². The van der Waals surface area contributed by atoms with Crippen LogP contribution in [0.5, 0.6) is 0 Å². The van der Waals surface area contributed by atoms with Crippen molar-refractivity contribution in [1.29, 1.82) is 0 Å². The molecule has 0 aliphatic carbocycles. The second-order valence-corrected chi connectivity index (χ2v) is 6.59. The average molecular weight is 244 g/mol. The first-order valence-electron chi connectivity index (χ1n) is 5.98. The molecule has 0 spiro atoms.